The van der Waals surface area contributed by atoms with Crippen LogP contribution in [-0.2, 0) is 0 Å². The molecule has 0 heterocycles. The molecule has 0 saturated carbocycles. The summed E-state index contributed by atoms with van der Waals surface area (Å²) in [5, 5.41) is 0. The zero-order valence-corrected chi connectivity index (χ0v) is 40.9. The van der Waals surface area contributed by atoms with E-state index >= 15 is 0 Å². The third-order valence-electron chi connectivity index (χ3n) is 11.9. The molecule has 0 aromatic carbocycles. The van der Waals surface area contributed by atoms with E-state index in [0.717, 1.165) is 66.5 Å². The largest absolute Gasteiger partial charge is 0.665 e. The van der Waals surface area contributed by atoms with Gasteiger partial charge in [0, 0.05) is 40.4 Å². The van der Waals surface area contributed by atoms with Gasteiger partial charge in [0.2, 0.25) is 0 Å². The summed E-state index contributed by atoms with van der Waals surface area (Å²) in [5.74, 6) is 0. The van der Waals surface area contributed by atoms with Crippen molar-refractivity contribution in [3.63, 3.8) is 0 Å². The van der Waals surface area contributed by atoms with Gasteiger partial charge in [-0.3, -0.25) is 0 Å². The molecule has 0 aliphatic carbocycles. The van der Waals surface area contributed by atoms with Crippen molar-refractivity contribution in [2.75, 3.05) is 0 Å². The van der Waals surface area contributed by atoms with Crippen molar-refractivity contribution in [2.24, 2.45) is 0 Å². The van der Waals surface area contributed by atoms with Crippen LogP contribution in [-0.4, -0.2) is 32.9 Å². The molecule has 0 radical (unpaired) electrons. The van der Waals surface area contributed by atoms with Gasteiger partial charge in [-0.15, -0.1) is 0 Å². The van der Waals surface area contributed by atoms with Crippen molar-refractivity contribution < 1.29 is 40.4 Å². The van der Waals surface area contributed by atoms with Crippen LogP contribution >= 0.6 is 0 Å². The summed E-state index contributed by atoms with van der Waals surface area (Å²) in [5.41, 5.74) is 8.84. The van der Waals surface area contributed by atoms with Crippen molar-refractivity contribution >= 4 is 32.9 Å². The van der Waals surface area contributed by atoms with Crippen LogP contribution in [0.15, 0.2) is 0 Å². The van der Waals surface area contributed by atoms with Gasteiger partial charge < -0.3 is 9.30 Å². The first kappa shape index (κ1) is 49.5. The molecule has 0 aromatic rings. The summed E-state index contributed by atoms with van der Waals surface area (Å²) in [6.45, 7) is 58.6. The predicted molar refractivity (Wildman–Crippen MR) is 211 cm³/mol. The van der Waals surface area contributed by atoms with E-state index in [4.69, 9.17) is 9.30 Å². The second-order valence-electron chi connectivity index (χ2n) is 17.6. The van der Waals surface area contributed by atoms with Gasteiger partial charge in [-0.05, 0) is 32.9 Å². The Balaban J connectivity index is -0.000000727. The first-order chi connectivity index (χ1) is 18.7. The number of rotatable bonds is 16. The Kier molecular flexibility index (Phi) is 23.0. The molecule has 0 bridgehead atoms. The Morgan fingerprint density at radius 3 is 0.326 bits per heavy atom. The minimum Gasteiger partial charge on any atom is -0.665 e. The molecule has 0 aromatic heterocycles. The van der Waals surface area contributed by atoms with E-state index < -0.39 is 32.9 Å². The molecule has 262 valence electrons. The summed E-state index contributed by atoms with van der Waals surface area (Å²) in [6, 6.07) is 0. The molecule has 0 amide bonds. The Morgan fingerprint density at radius 1 is 0.209 bits per heavy atom. The van der Waals surface area contributed by atoms with Gasteiger partial charge in [0.05, 0.1) is 0 Å². The van der Waals surface area contributed by atoms with Crippen molar-refractivity contribution in [1.29, 1.82) is 0 Å². The molecular formula is C36H84N2Si4Sm-2. The predicted octanol–water partition coefficient (Wildman–Crippen LogP) is 15.4. The third-order valence-corrected chi connectivity index (χ3v) is 40.3. The molecule has 0 atom stereocenters. The number of hydrogen-bond donors (Lipinski definition) is 0. The molecule has 0 aliphatic rings. The monoisotopic (exact) mass is 808 g/mol. The fourth-order valence-corrected chi connectivity index (χ4v) is 44.0. The minimum absolute atomic E-state index is 0. The quantitative estimate of drug-likeness (QED) is 0.139. The van der Waals surface area contributed by atoms with E-state index in [1.54, 1.807) is 0 Å². The number of hydrogen-bond acceptors (Lipinski definition) is 0. The molecular weight excluding hydrogens is 723 g/mol. The van der Waals surface area contributed by atoms with Gasteiger partial charge in [0.25, 0.3) is 0 Å². The van der Waals surface area contributed by atoms with Crippen LogP contribution in [0.3, 0.4) is 0 Å². The molecule has 43 heavy (non-hydrogen) atoms. The molecule has 0 spiro atoms. The van der Waals surface area contributed by atoms with E-state index in [1.807, 2.05) is 0 Å². The molecule has 0 aliphatic heterocycles. The average Bonchev–Trinajstić information content (AvgIpc) is 2.77. The van der Waals surface area contributed by atoms with E-state index in [2.05, 4.69) is 166 Å². The van der Waals surface area contributed by atoms with Gasteiger partial charge in [-0.1, -0.05) is 233 Å². The summed E-state index contributed by atoms with van der Waals surface area (Å²) >= 11 is 0. The van der Waals surface area contributed by atoms with E-state index in [1.165, 1.54) is 0 Å². The summed E-state index contributed by atoms with van der Waals surface area (Å²) in [7, 11) is -6.66. The summed E-state index contributed by atoms with van der Waals surface area (Å²) in [6.07, 6.45) is 0. The van der Waals surface area contributed by atoms with E-state index in [9.17, 15) is 0 Å². The van der Waals surface area contributed by atoms with Crippen molar-refractivity contribution in [1.82, 2.24) is 0 Å². The van der Waals surface area contributed by atoms with Crippen LogP contribution in [0.1, 0.15) is 166 Å². The normalized spacial score (nSPS) is 14.2. The average molecular weight is 808 g/mol. The molecule has 7 heteroatoms. The van der Waals surface area contributed by atoms with Crippen molar-refractivity contribution in [3.8, 4) is 0 Å². The van der Waals surface area contributed by atoms with Crippen LogP contribution in [0.2, 0.25) is 66.5 Å². The van der Waals surface area contributed by atoms with Gasteiger partial charge in [-0.2, -0.15) is 0 Å². The van der Waals surface area contributed by atoms with Gasteiger partial charge >= 0.3 is 0 Å². The fraction of sp³-hybridized carbons (Fsp3) is 1.00. The van der Waals surface area contributed by atoms with Crippen molar-refractivity contribution in [2.45, 2.75) is 233 Å². The Labute approximate surface area is 312 Å². The third kappa shape index (κ3) is 10.6. The van der Waals surface area contributed by atoms with Gasteiger partial charge in [0.15, 0.2) is 0 Å². The fourth-order valence-electron chi connectivity index (χ4n) is 10.2. The molecule has 0 fully saturated rings. The Morgan fingerprint density at radius 2 is 0.279 bits per heavy atom. The van der Waals surface area contributed by atoms with Gasteiger partial charge in [-0.25, -0.2) is 0 Å². The first-order valence-electron chi connectivity index (χ1n) is 18.2. The maximum atomic E-state index is 6.01. The Bertz CT molecular complexity index is 534. The van der Waals surface area contributed by atoms with Crippen molar-refractivity contribution in [3.05, 3.63) is 9.30 Å². The van der Waals surface area contributed by atoms with Crippen LogP contribution in [0.4, 0.5) is 0 Å². The second kappa shape index (κ2) is 20.0. The zero-order chi connectivity index (χ0) is 34.3. The maximum Gasteiger partial charge on any atom is 0 e. The summed E-state index contributed by atoms with van der Waals surface area (Å²) in [4.78, 5) is 0. The Hall–Kier alpha value is 2.13. The van der Waals surface area contributed by atoms with Crippen LogP contribution in [0.5, 0.6) is 0 Å². The standard InChI is InChI=1S/2C18H42NSi2.Sm/c2*1-13(2)20(14(3)4,15(5)6)19-21(16(7)8,17(9)10)18(11)12;/h2*13-18H,1-12H3;/q2*-1;. The molecule has 0 saturated heterocycles. The molecule has 0 N–H and O–H groups in total. The van der Waals surface area contributed by atoms with Gasteiger partial charge in [0.1, 0.15) is 0 Å². The minimum atomic E-state index is -1.66. The molecule has 2 nitrogen and oxygen atoms in total. The number of nitrogens with zero attached hydrogens (tertiary/aromatic N) is 2. The van der Waals surface area contributed by atoms with E-state index in [-0.39, 0.29) is 40.4 Å². The second-order valence-corrected chi connectivity index (χ2v) is 40.4. The van der Waals surface area contributed by atoms with Crippen LogP contribution in [0.25, 0.3) is 9.30 Å². The topological polar surface area (TPSA) is 28.2 Å². The SMILES string of the molecule is CC(C)[Si]([N-][Si](C(C)C)(C(C)C)C(C)C)(C(C)C)C(C)C.CC(C)[Si]([N-][Si](C(C)C)(C(C)C)C(C)C)(C(C)C)C(C)C.[Sm]. The molecule has 0 unspecified atom stereocenters. The zero-order valence-electron chi connectivity index (χ0n) is 34.2. The smallest absolute Gasteiger partial charge is 0 e. The van der Waals surface area contributed by atoms with Crippen LogP contribution < -0.4 is 0 Å². The molecule has 0 rings (SSSR count). The van der Waals surface area contributed by atoms with Crippen LogP contribution in [0, 0.1) is 40.4 Å². The first-order valence-corrected chi connectivity index (χ1v) is 26.9. The summed E-state index contributed by atoms with van der Waals surface area (Å²) < 4.78 is 12.0. The maximum absolute atomic E-state index is 6.01. The van der Waals surface area contributed by atoms with E-state index in [0.29, 0.717) is 0 Å².